The van der Waals surface area contributed by atoms with Crippen LogP contribution in [0.4, 0.5) is 0 Å². The third-order valence-electron chi connectivity index (χ3n) is 2.55. The molecule has 2 rings (SSSR count). The van der Waals surface area contributed by atoms with Crippen LogP contribution in [0.25, 0.3) is 0 Å². The van der Waals surface area contributed by atoms with E-state index in [-0.39, 0.29) is 0 Å². The zero-order valence-corrected chi connectivity index (χ0v) is 12.3. The average Bonchev–Trinajstić information content (AvgIpc) is 2.82. The summed E-state index contributed by atoms with van der Waals surface area (Å²) < 4.78 is 156. The first-order chi connectivity index (χ1) is 18.2. The van der Waals surface area contributed by atoms with Crippen LogP contribution in [-0.2, 0) is 16.0 Å². The van der Waals surface area contributed by atoms with E-state index in [0.29, 0.717) is 0 Å². The Morgan fingerprint density at radius 3 is 2.52 bits per heavy atom. The van der Waals surface area contributed by atoms with Crippen molar-refractivity contribution in [3.05, 3.63) is 35.8 Å². The molecule has 0 aromatic heterocycles. The highest BCUT2D eigenvalue weighted by molar-refractivity contribution is 5.85. The molecular formula is C19H27NO3. The van der Waals surface area contributed by atoms with Crippen molar-refractivity contribution in [1.29, 1.82) is 0 Å². The zero-order valence-electron chi connectivity index (χ0n) is 31.3. The van der Waals surface area contributed by atoms with Crippen LogP contribution in [0.1, 0.15) is 70.9 Å². The second kappa shape index (κ2) is 8.14. The second-order valence-corrected chi connectivity index (χ2v) is 4.51. The Hall–Kier alpha value is -1.84. The fourth-order valence-corrected chi connectivity index (χ4v) is 1.43. The van der Waals surface area contributed by atoms with E-state index in [0.717, 1.165) is 19.2 Å². The number of benzene rings is 1. The highest BCUT2D eigenvalue weighted by Crippen LogP contribution is 2.33. The summed E-state index contributed by atoms with van der Waals surface area (Å²) in [5.41, 5.74) is -1.47. The van der Waals surface area contributed by atoms with Crippen molar-refractivity contribution in [2.24, 2.45) is 17.7 Å². The smallest absolute Gasteiger partial charge is 0.326 e. The van der Waals surface area contributed by atoms with Gasteiger partial charge >= 0.3 is 5.97 Å². The maximum Gasteiger partial charge on any atom is 0.326 e. The topological polar surface area (TPSA) is 66.4 Å². The first-order valence-corrected chi connectivity index (χ1v) is 6.38. The number of carbonyl (C=O) groups excluding carboxylic acids is 1. The molecule has 0 spiro atoms. The van der Waals surface area contributed by atoms with Gasteiger partial charge in [0.15, 0.2) is 0 Å². The van der Waals surface area contributed by atoms with Gasteiger partial charge in [-0.2, -0.15) is 0 Å². The molecule has 4 heteroatoms. The van der Waals surface area contributed by atoms with Crippen molar-refractivity contribution in [3.8, 4) is 0 Å². The van der Waals surface area contributed by atoms with Crippen LogP contribution in [0.15, 0.2) is 30.2 Å². The molecule has 0 aliphatic heterocycles. The number of carboxylic acids is 1. The molecule has 1 saturated carbocycles. The first kappa shape index (κ1) is 5.08. The second-order valence-electron chi connectivity index (χ2n) is 4.51. The Morgan fingerprint density at radius 2 is 2.00 bits per heavy atom. The number of carbonyl (C=O) groups is 2. The van der Waals surface area contributed by atoms with Gasteiger partial charge in [-0.1, -0.05) is 44.1 Å². The lowest BCUT2D eigenvalue weighted by atomic mass is 9.76. The number of carboxylic acid groups (broad SMARTS) is 1. The van der Waals surface area contributed by atoms with Crippen LogP contribution in [0, 0.1) is 17.7 Å². The Balaban J connectivity index is 2.94. The summed E-state index contributed by atoms with van der Waals surface area (Å²) in [6, 6.07) is -10.3. The number of rotatable bonds is 6. The molecule has 1 amide bonds. The van der Waals surface area contributed by atoms with E-state index in [2.05, 4.69) is 0 Å². The maximum absolute atomic E-state index is 13.6. The van der Waals surface area contributed by atoms with Crippen molar-refractivity contribution < 1.29 is 40.7 Å². The minimum absolute atomic E-state index is 0.771. The zero-order chi connectivity index (χ0) is 33.8. The molecule has 1 aliphatic carbocycles. The first-order valence-electron chi connectivity index (χ1n) is 15.9. The molecule has 23 heavy (non-hydrogen) atoms. The number of amides is 1. The molecule has 1 aliphatic rings. The lowest BCUT2D eigenvalue weighted by molar-refractivity contribution is -0.142. The van der Waals surface area contributed by atoms with E-state index in [4.69, 9.17) is 26.0 Å². The number of hydrogen-bond acceptors (Lipinski definition) is 2. The van der Waals surface area contributed by atoms with Gasteiger partial charge in [0, 0.05) is 30.1 Å². The van der Waals surface area contributed by atoms with Gasteiger partial charge in [-0.25, -0.2) is 4.79 Å². The number of nitrogens with one attached hydrogen (secondary N) is 1. The maximum atomic E-state index is 13.6. The fraction of sp³-hybridized carbons (Fsp3) is 0.579. The summed E-state index contributed by atoms with van der Waals surface area (Å²) >= 11 is 0. The standard InChI is InChI=1S/C19H27NO3/c1-13(2)15-8-10-16(11-9-15)18(21)20-17(19(22)23)12-14-6-4-3-5-7-14/h3-7,13,15-17H,8-12H2,1-2H3,(H,20,21)(H,22,23)/t15?,16?,17-/m0/s1/i3D,4D,5D,6D,7D,8D2,9D2,10D2,11D2,12D2,13D,15D,16D,17D. The van der Waals surface area contributed by atoms with Crippen molar-refractivity contribution in [3.63, 3.8) is 0 Å². The van der Waals surface area contributed by atoms with Crippen LogP contribution in [0.2, 0.25) is 0 Å². The predicted octanol–water partition coefficient (Wildman–Crippen LogP) is 3.26. The van der Waals surface area contributed by atoms with Crippen molar-refractivity contribution in [2.75, 3.05) is 0 Å². The Bertz CT molecular complexity index is 1280. The van der Waals surface area contributed by atoms with Gasteiger partial charge in [0.05, 0.1) is 8.22 Å². The third-order valence-corrected chi connectivity index (χ3v) is 2.55. The van der Waals surface area contributed by atoms with Crippen LogP contribution in [-0.4, -0.2) is 23.0 Å². The van der Waals surface area contributed by atoms with Gasteiger partial charge < -0.3 is 10.4 Å². The van der Waals surface area contributed by atoms with Gasteiger partial charge in [-0.15, -0.1) is 0 Å². The van der Waals surface area contributed by atoms with E-state index < -0.39 is 103 Å². The summed E-state index contributed by atoms with van der Waals surface area (Å²) in [4.78, 5) is 25.9. The molecule has 2 N–H and O–H groups in total. The SMILES string of the molecule is [2H]c1c([2H])c([2H])c(C([2H])([2H])[C@]([2H])(NC(=O)C2([2H])C([2H])([2H])C([2H])([2H])C([2H])(C([2H])(C)C)C([2H])([2H])C2([2H])[2H])C(=O)O)c([2H])c1[2H]. The molecule has 126 valence electrons. The molecule has 1 aromatic carbocycles. The largest absolute Gasteiger partial charge is 0.480 e. The van der Waals surface area contributed by atoms with Crippen LogP contribution in [0.3, 0.4) is 0 Å². The molecule has 0 heterocycles. The molecule has 0 radical (unpaired) electrons. The Morgan fingerprint density at radius 1 is 1.39 bits per heavy atom. The van der Waals surface area contributed by atoms with Gasteiger partial charge in [0.1, 0.15) is 6.02 Å². The van der Waals surface area contributed by atoms with E-state index in [1.54, 1.807) is 0 Å². The van der Waals surface area contributed by atoms with Gasteiger partial charge in [-0.3, -0.25) is 4.79 Å². The summed E-state index contributed by atoms with van der Waals surface area (Å²) in [5, 5.41) is 11.0. The minimum atomic E-state index is -4.43. The lowest BCUT2D eigenvalue weighted by Crippen LogP contribution is -2.45. The van der Waals surface area contributed by atoms with Gasteiger partial charge in [0.2, 0.25) is 5.91 Å². The van der Waals surface area contributed by atoms with Crippen LogP contribution >= 0.6 is 0 Å². The number of aliphatic carboxylic acids is 1. The molecule has 0 unspecified atom stereocenters. The predicted molar refractivity (Wildman–Crippen MR) is 90.0 cm³/mol. The lowest BCUT2D eigenvalue weighted by Gasteiger charge is -2.30. The summed E-state index contributed by atoms with van der Waals surface area (Å²) in [7, 11) is 0. The van der Waals surface area contributed by atoms with Crippen molar-refractivity contribution >= 4 is 11.9 Å². The quantitative estimate of drug-likeness (QED) is 0.838. The highest BCUT2D eigenvalue weighted by Gasteiger charge is 2.30. The van der Waals surface area contributed by atoms with Gasteiger partial charge in [0.25, 0.3) is 0 Å². The monoisotopic (exact) mass is 336 g/mol. The summed E-state index contributed by atoms with van der Waals surface area (Å²) in [6.07, 6.45) is -20.7. The van der Waals surface area contributed by atoms with E-state index in [1.165, 1.54) is 0 Å². The highest BCUT2D eigenvalue weighted by atomic mass is 16.4. The van der Waals surface area contributed by atoms with E-state index in [1.807, 2.05) is 0 Å². The van der Waals surface area contributed by atoms with Crippen LogP contribution in [0.5, 0.6) is 0 Å². The van der Waals surface area contributed by atoms with Crippen LogP contribution < -0.4 is 5.32 Å². The molecule has 0 bridgehead atoms. The molecular weight excluding hydrogens is 290 g/mol. The average molecular weight is 337 g/mol. The van der Waals surface area contributed by atoms with Crippen molar-refractivity contribution in [2.45, 2.75) is 51.7 Å². The normalized spacial score (nSPS) is 52.2. The molecule has 0 saturated heterocycles. The third kappa shape index (κ3) is 5.08. The summed E-state index contributed by atoms with van der Waals surface area (Å²) in [6.45, 7) is 1.54. The summed E-state index contributed by atoms with van der Waals surface area (Å²) in [5.74, 6) is -16.0. The molecule has 1 aromatic rings. The molecule has 1 atom stereocenters. The van der Waals surface area contributed by atoms with E-state index >= 15 is 0 Å². The van der Waals surface area contributed by atoms with Gasteiger partial charge in [-0.05, 0) is 42.8 Å². The Labute approximate surface area is 165 Å². The molecule has 4 nitrogen and oxygen atoms in total. The van der Waals surface area contributed by atoms with E-state index in [9.17, 15) is 14.7 Å². The Kier molecular flexibility index (Phi) is 1.80. The minimum Gasteiger partial charge on any atom is -0.480 e. The number of hydrogen-bond donors (Lipinski definition) is 2. The molecule has 1 fully saturated rings. The fourth-order valence-electron chi connectivity index (χ4n) is 1.43. The van der Waals surface area contributed by atoms with Crippen molar-refractivity contribution in [1.82, 2.24) is 5.32 Å².